The lowest BCUT2D eigenvalue weighted by molar-refractivity contribution is 0.671. The van der Waals surface area contributed by atoms with Gasteiger partial charge < -0.3 is 27.3 Å². The summed E-state index contributed by atoms with van der Waals surface area (Å²) < 4.78 is 18.7. The van der Waals surface area contributed by atoms with Crippen LogP contribution in [0.2, 0.25) is 0 Å². The summed E-state index contributed by atoms with van der Waals surface area (Å²) in [4.78, 5) is 0. The van der Waals surface area contributed by atoms with Crippen molar-refractivity contribution in [1.82, 2.24) is 22.8 Å². The Hall–Kier alpha value is -12.4. The second kappa shape index (κ2) is 18.1. The number of hydrogen-bond acceptors (Lipinski definition) is 3. The molecule has 0 N–H and O–H groups in total. The van der Waals surface area contributed by atoms with Gasteiger partial charge in [-0.3, -0.25) is 0 Å². The molecule has 8 heteroatoms. The van der Waals surface area contributed by atoms with Crippen molar-refractivity contribution in [2.24, 2.45) is 0 Å². The fraction of sp³-hybridized carbons (Fsp3) is 0. The number of fused-ring (bicyclic) bond motifs is 19. The fourth-order valence-corrected chi connectivity index (χ4v) is 15.0. The fourth-order valence-electron chi connectivity index (χ4n) is 15.0. The summed E-state index contributed by atoms with van der Waals surface area (Å²) in [6.07, 6.45) is 0. The van der Waals surface area contributed by atoms with Gasteiger partial charge >= 0.3 is 0 Å². The Morgan fingerprint density at radius 3 is 1.09 bits per heavy atom. The van der Waals surface area contributed by atoms with Gasteiger partial charge in [-0.2, -0.15) is 10.5 Å². The van der Waals surface area contributed by atoms with Gasteiger partial charge in [-0.15, -0.1) is 0 Å². The Morgan fingerprint density at radius 2 is 0.614 bits per heavy atom. The van der Waals surface area contributed by atoms with E-state index < -0.39 is 0 Å². The molecule has 19 rings (SSSR count). The molecule has 0 spiro atoms. The van der Waals surface area contributed by atoms with Crippen molar-refractivity contribution in [3.8, 4) is 51.7 Å². The van der Waals surface area contributed by atoms with Crippen LogP contribution in [-0.2, 0) is 0 Å². The molecule has 8 nitrogen and oxygen atoms in total. The number of rotatable bonds is 6. The summed E-state index contributed by atoms with van der Waals surface area (Å²) in [7, 11) is 0. The molecular weight excluding hydrogens is 1070 g/mol. The van der Waals surface area contributed by atoms with E-state index in [2.05, 4.69) is 296 Å². The topological polar surface area (TPSA) is 85.4 Å². The minimum atomic E-state index is 0.364. The van der Waals surface area contributed by atoms with E-state index in [1.807, 2.05) is 12.1 Å². The SMILES string of the molecule is N#Cc1c(-n2c3ccccc3c3ccccc32)c(-n2c3ccccc3c3ccccc32)c(C#N)c(-n2c3cc(-c4cccc5c6ccccc6n(-c6ccccc6)c45)ccc3c3ccc4c5ccccc5oc4c32)c1-n1c2ccccc2c2ccccc21. The highest BCUT2D eigenvalue weighted by molar-refractivity contribution is 6.24. The molecule has 0 aliphatic rings. The molecule has 0 saturated carbocycles. The van der Waals surface area contributed by atoms with E-state index in [1.54, 1.807) is 0 Å². The summed E-state index contributed by atoms with van der Waals surface area (Å²) in [6.45, 7) is 0. The molecule has 0 bridgehead atoms. The van der Waals surface area contributed by atoms with Gasteiger partial charge in [0, 0.05) is 75.9 Å². The summed E-state index contributed by atoms with van der Waals surface area (Å²) in [6, 6.07) is 102. The number of nitriles is 2. The normalized spacial score (nSPS) is 12.1. The second-order valence-electron chi connectivity index (χ2n) is 22.9. The first-order valence-electron chi connectivity index (χ1n) is 29.6. The lowest BCUT2D eigenvalue weighted by Gasteiger charge is -2.27. The number of hydrogen-bond donors (Lipinski definition) is 0. The molecule has 0 amide bonds. The molecule has 0 radical (unpaired) electrons. The number of furan rings is 1. The maximum atomic E-state index is 13.1. The lowest BCUT2D eigenvalue weighted by Crippen LogP contribution is -2.16. The maximum absolute atomic E-state index is 13.1. The van der Waals surface area contributed by atoms with Crippen LogP contribution in [0, 0.1) is 22.7 Å². The average molecular weight is 1120 g/mol. The van der Waals surface area contributed by atoms with E-state index in [4.69, 9.17) is 4.42 Å². The molecular formula is C80H45N7O. The van der Waals surface area contributed by atoms with E-state index in [-0.39, 0.29) is 0 Å². The first kappa shape index (κ1) is 48.1. The zero-order valence-corrected chi connectivity index (χ0v) is 47.0. The summed E-state index contributed by atoms with van der Waals surface area (Å²) in [5.74, 6) is 0. The Labute approximate surface area is 501 Å². The Kier molecular flexibility index (Phi) is 9.87. The zero-order valence-electron chi connectivity index (χ0n) is 47.0. The highest BCUT2D eigenvalue weighted by Gasteiger charge is 2.35. The van der Waals surface area contributed by atoms with E-state index in [9.17, 15) is 10.5 Å². The van der Waals surface area contributed by atoms with Crippen molar-refractivity contribution in [1.29, 1.82) is 10.5 Å². The van der Waals surface area contributed by atoms with Gasteiger partial charge in [-0.25, -0.2) is 0 Å². The molecule has 6 aromatic heterocycles. The van der Waals surface area contributed by atoms with Gasteiger partial charge in [0.2, 0.25) is 0 Å². The Balaban J connectivity index is 1.09. The van der Waals surface area contributed by atoms with Crippen molar-refractivity contribution in [3.05, 3.63) is 284 Å². The van der Waals surface area contributed by atoms with Crippen molar-refractivity contribution >= 4 is 131 Å². The molecule has 0 saturated heterocycles. The third kappa shape index (κ3) is 6.34. The molecule has 0 aliphatic carbocycles. The van der Waals surface area contributed by atoms with Crippen LogP contribution in [0.5, 0.6) is 0 Å². The van der Waals surface area contributed by atoms with Gasteiger partial charge in [-0.05, 0) is 78.4 Å². The van der Waals surface area contributed by atoms with Crippen LogP contribution < -0.4 is 0 Å². The van der Waals surface area contributed by atoms with Crippen LogP contribution in [0.25, 0.3) is 171 Å². The second-order valence-corrected chi connectivity index (χ2v) is 22.9. The highest BCUT2D eigenvalue weighted by atomic mass is 16.3. The summed E-state index contributed by atoms with van der Waals surface area (Å²) in [5, 5.41) is 38.3. The van der Waals surface area contributed by atoms with Gasteiger partial charge in [0.1, 0.15) is 28.8 Å². The van der Waals surface area contributed by atoms with Crippen molar-refractivity contribution in [2.75, 3.05) is 0 Å². The summed E-state index contributed by atoms with van der Waals surface area (Å²) >= 11 is 0. The van der Waals surface area contributed by atoms with Crippen molar-refractivity contribution in [2.45, 2.75) is 0 Å². The van der Waals surface area contributed by atoms with Crippen LogP contribution in [0.1, 0.15) is 11.1 Å². The Bertz CT molecular complexity index is 6180. The first-order chi connectivity index (χ1) is 43.7. The maximum Gasteiger partial charge on any atom is 0.160 e. The largest absolute Gasteiger partial charge is 0.454 e. The molecule has 0 aliphatic heterocycles. The minimum Gasteiger partial charge on any atom is -0.454 e. The molecule has 0 fully saturated rings. The van der Waals surface area contributed by atoms with Crippen LogP contribution in [0.4, 0.5) is 0 Å². The van der Waals surface area contributed by atoms with Crippen molar-refractivity contribution in [3.63, 3.8) is 0 Å². The van der Waals surface area contributed by atoms with E-state index in [1.165, 1.54) is 0 Å². The molecule has 19 aromatic rings. The molecule has 406 valence electrons. The predicted octanol–water partition coefficient (Wildman–Crippen LogP) is 20.5. The van der Waals surface area contributed by atoms with Crippen molar-refractivity contribution < 1.29 is 4.42 Å². The van der Waals surface area contributed by atoms with Crippen LogP contribution >= 0.6 is 0 Å². The van der Waals surface area contributed by atoms with E-state index in [0.717, 1.165) is 142 Å². The molecule has 0 atom stereocenters. The number of benzene rings is 13. The molecule has 13 aromatic carbocycles. The highest BCUT2D eigenvalue weighted by Crippen LogP contribution is 2.51. The average Bonchev–Trinajstić information content (AvgIpc) is 1.46. The smallest absolute Gasteiger partial charge is 0.160 e. The van der Waals surface area contributed by atoms with E-state index in [0.29, 0.717) is 39.5 Å². The molecule has 6 heterocycles. The third-order valence-electron chi connectivity index (χ3n) is 18.5. The minimum absolute atomic E-state index is 0.364. The van der Waals surface area contributed by atoms with Gasteiger partial charge in [0.15, 0.2) is 5.58 Å². The molecule has 0 unspecified atom stereocenters. The van der Waals surface area contributed by atoms with E-state index >= 15 is 0 Å². The third-order valence-corrected chi connectivity index (χ3v) is 18.5. The molecule has 88 heavy (non-hydrogen) atoms. The first-order valence-corrected chi connectivity index (χ1v) is 29.6. The van der Waals surface area contributed by atoms with Crippen LogP contribution in [-0.4, -0.2) is 22.8 Å². The quantitative estimate of drug-likeness (QED) is 0.166. The number of para-hydroxylation sites is 10. The van der Waals surface area contributed by atoms with Gasteiger partial charge in [0.25, 0.3) is 0 Å². The van der Waals surface area contributed by atoms with Gasteiger partial charge in [0.05, 0.1) is 77.9 Å². The van der Waals surface area contributed by atoms with Gasteiger partial charge in [-0.1, -0.05) is 200 Å². The standard InChI is InChI=1S/C80H45N7O/c81-46-63-75(84-66-34-13-4-23-51(66)52-24-5-14-35-67(52)84)76(85-68-36-15-6-25-53(68)54-26-7-16-37-69(54)85)64(47-82)78(77(63)86-70-38-17-8-27-55(70)56-28-9-18-39-71(56)86)87-72-45-48(41-42-58(72)61-43-44-62-59-30-11-19-40-73(59)88-80(62)79(61)87)50-31-20-32-60-57-29-10-12-33-65(57)83(74(50)60)49-21-2-1-3-22-49/h1-45H. The summed E-state index contributed by atoms with van der Waals surface area (Å²) in [5.41, 5.74) is 16.7. The van der Waals surface area contributed by atoms with Crippen LogP contribution in [0.3, 0.4) is 0 Å². The number of aromatic nitrogens is 5. The monoisotopic (exact) mass is 1120 g/mol. The Morgan fingerprint density at radius 1 is 0.261 bits per heavy atom. The zero-order chi connectivity index (χ0) is 57.9. The predicted molar refractivity (Wildman–Crippen MR) is 360 cm³/mol. The van der Waals surface area contributed by atoms with Crippen LogP contribution in [0.15, 0.2) is 277 Å². The lowest BCUT2D eigenvalue weighted by atomic mass is 9.98. The number of nitrogens with zero attached hydrogens (tertiary/aromatic N) is 7.